The summed E-state index contributed by atoms with van der Waals surface area (Å²) in [5, 5.41) is 0. The lowest BCUT2D eigenvalue weighted by Crippen LogP contribution is -2.65. The van der Waals surface area contributed by atoms with Crippen LogP contribution in [0, 0.1) is 0 Å². The smallest absolute Gasteiger partial charge is 0.260 e. The van der Waals surface area contributed by atoms with Crippen molar-refractivity contribution in [3.05, 3.63) is 448 Å². The van der Waals surface area contributed by atoms with E-state index in [2.05, 4.69) is 473 Å². The predicted octanol–water partition coefficient (Wildman–Crippen LogP) is 27.8. The summed E-state index contributed by atoms with van der Waals surface area (Å²) in [6, 6.07) is 164. The van der Waals surface area contributed by atoms with Crippen molar-refractivity contribution in [3.8, 4) is 157 Å². The second-order valence-electron chi connectivity index (χ2n) is 34.1. The Balaban J connectivity index is 0.889. The predicted molar refractivity (Wildman–Crippen MR) is 522 cm³/mol. The van der Waals surface area contributed by atoms with E-state index in [1.165, 1.54) is 5.56 Å². The Bertz CT molecular complexity index is 7180. The maximum absolute atomic E-state index is 8.34. The molecule has 0 unspecified atom stereocenters. The number of nitrogens with zero attached hydrogens (tertiary/aromatic N) is 2. The van der Waals surface area contributed by atoms with Crippen molar-refractivity contribution < 1.29 is 9.47 Å². The van der Waals surface area contributed by atoms with E-state index in [0.717, 1.165) is 223 Å². The fourth-order valence-electron chi connectivity index (χ4n) is 19.8. The molecule has 0 saturated heterocycles. The number of hydrogen-bond acceptors (Lipinski definition) is 4. The Labute approximate surface area is 725 Å². The molecule has 0 saturated carbocycles. The first-order valence-electron chi connectivity index (χ1n) is 43.1. The van der Waals surface area contributed by atoms with Gasteiger partial charge in [0, 0.05) is 62.1 Å². The number of para-hydroxylation sites is 2. The summed E-state index contributed by atoms with van der Waals surface area (Å²) in [6.45, 7) is 6.27. The molecular weight excluding hydrogens is 1500 g/mol. The lowest BCUT2D eigenvalue weighted by atomic mass is 9.30. The lowest BCUT2D eigenvalue weighted by molar-refractivity contribution is 0.468. The van der Waals surface area contributed by atoms with E-state index >= 15 is 0 Å². The molecule has 19 aromatic rings. The summed E-state index contributed by atoms with van der Waals surface area (Å²) in [4.78, 5) is 5.38. The molecule has 0 spiro atoms. The van der Waals surface area contributed by atoms with Gasteiger partial charge in [-0.1, -0.05) is 403 Å². The first-order valence-corrected chi connectivity index (χ1v) is 43.1. The molecule has 0 fully saturated rings. The van der Waals surface area contributed by atoms with E-state index in [4.69, 9.17) is 9.47 Å². The van der Waals surface area contributed by atoms with E-state index in [-0.39, 0.29) is 0 Å². The van der Waals surface area contributed by atoms with Gasteiger partial charge in [0.2, 0.25) is 0 Å². The summed E-state index contributed by atoms with van der Waals surface area (Å²) < 4.78 is 16.5. The minimum atomic E-state index is -0.485. The standard InChI is InChI=1S/C118H82B2N2O2/c1-118(2,3)96-74-106-111-107(75-96)122(115-99(93-56-30-52-87(68-93)79-38-16-6-17-39-79)60-33-61-100(115)94-57-31-53-88(69-94)80-40-18-7-19-41-80)108-76-110-113-117(123-109-65-63-89(81-42-20-8-21-43-81)71-103(109)119(113)104-72-95(83-46-24-10-25-47-83)70-101(116(104)124-110)84-48-26-11-27-49-84)112(108)120(111)102-64-62-90(82-44-22-9-23-45-82)73-105(102)121(106)114-97(91-54-28-50-85(66-91)77-34-12-4-13-35-77)58-32-59-98(114)92-55-29-51-86(67-92)78-36-14-5-15-37-78/h4-76H,1-3H3. The average Bonchev–Trinajstić information content (AvgIpc) is 0.673. The van der Waals surface area contributed by atoms with Gasteiger partial charge in [-0.3, -0.25) is 0 Å². The number of anilines is 6. The Kier molecular flexibility index (Phi) is 18.0. The van der Waals surface area contributed by atoms with E-state index in [9.17, 15) is 0 Å². The van der Waals surface area contributed by atoms with E-state index in [0.29, 0.717) is 0 Å². The zero-order chi connectivity index (χ0) is 82.5. The number of benzene rings is 19. The molecular formula is C118H82B2N2O2. The van der Waals surface area contributed by atoms with Crippen LogP contribution in [0.3, 0.4) is 0 Å². The maximum atomic E-state index is 8.34. The molecule has 0 aromatic heterocycles. The third-order valence-corrected chi connectivity index (χ3v) is 25.7. The van der Waals surface area contributed by atoms with Crippen LogP contribution in [0.5, 0.6) is 23.0 Å². The van der Waals surface area contributed by atoms with Gasteiger partial charge in [-0.2, -0.15) is 0 Å². The van der Waals surface area contributed by atoms with Crippen LogP contribution in [0.1, 0.15) is 26.3 Å². The van der Waals surface area contributed by atoms with Crippen molar-refractivity contribution in [2.45, 2.75) is 26.2 Å². The van der Waals surface area contributed by atoms with Gasteiger partial charge in [-0.05, 0) is 199 Å². The molecule has 0 radical (unpaired) electrons. The third-order valence-electron chi connectivity index (χ3n) is 25.7. The summed E-state index contributed by atoms with van der Waals surface area (Å²) in [5.74, 6) is 3.11. The van der Waals surface area contributed by atoms with E-state index < -0.39 is 18.8 Å². The zero-order valence-corrected chi connectivity index (χ0v) is 69.0. The van der Waals surface area contributed by atoms with Crippen LogP contribution < -0.4 is 52.1 Å². The highest BCUT2D eigenvalue weighted by atomic mass is 16.5. The zero-order valence-electron chi connectivity index (χ0n) is 69.0. The first kappa shape index (κ1) is 73.6. The largest absolute Gasteiger partial charge is 0.459 e. The van der Waals surface area contributed by atoms with Crippen LogP contribution in [0.4, 0.5) is 34.1 Å². The second kappa shape index (κ2) is 30.3. The topological polar surface area (TPSA) is 24.9 Å². The molecule has 4 nitrogen and oxygen atoms in total. The number of rotatable bonds is 14. The molecule has 19 aromatic carbocycles. The van der Waals surface area contributed by atoms with Crippen LogP contribution >= 0.6 is 0 Å². The van der Waals surface area contributed by atoms with Gasteiger partial charge in [0.05, 0.1) is 11.4 Å². The van der Waals surface area contributed by atoms with Crippen LogP contribution in [-0.4, -0.2) is 13.4 Å². The Morgan fingerprint density at radius 2 is 0.516 bits per heavy atom. The lowest BCUT2D eigenvalue weighted by Gasteiger charge is -2.48. The van der Waals surface area contributed by atoms with Crippen molar-refractivity contribution in [1.29, 1.82) is 0 Å². The minimum absolute atomic E-state index is 0.396. The molecule has 0 N–H and O–H groups in total. The van der Waals surface area contributed by atoms with Crippen LogP contribution in [0.15, 0.2) is 443 Å². The summed E-state index contributed by atoms with van der Waals surface area (Å²) in [6.07, 6.45) is 0. The van der Waals surface area contributed by atoms with E-state index in [1.807, 2.05) is 0 Å². The van der Waals surface area contributed by atoms with Crippen molar-refractivity contribution in [3.63, 3.8) is 0 Å². The third kappa shape index (κ3) is 12.8. The van der Waals surface area contributed by atoms with Crippen molar-refractivity contribution in [1.82, 2.24) is 0 Å². The molecule has 6 heteroatoms. The Morgan fingerprint density at radius 1 is 0.194 bits per heavy atom. The molecule has 582 valence electrons. The van der Waals surface area contributed by atoms with Gasteiger partial charge in [-0.25, -0.2) is 0 Å². The Morgan fingerprint density at radius 3 is 0.927 bits per heavy atom. The second-order valence-corrected chi connectivity index (χ2v) is 34.1. The maximum Gasteiger partial charge on any atom is 0.260 e. The molecule has 4 aliphatic heterocycles. The van der Waals surface area contributed by atoms with Gasteiger partial charge in [0.1, 0.15) is 23.0 Å². The normalized spacial score (nSPS) is 12.5. The molecule has 0 bridgehead atoms. The quantitative estimate of drug-likeness (QED) is 0.101. The van der Waals surface area contributed by atoms with E-state index in [1.54, 1.807) is 0 Å². The molecule has 0 atom stereocenters. The summed E-state index contributed by atoms with van der Waals surface area (Å²) in [5.41, 5.74) is 39.8. The fourth-order valence-corrected chi connectivity index (χ4v) is 19.8. The molecule has 0 amide bonds. The molecule has 0 aliphatic carbocycles. The van der Waals surface area contributed by atoms with Gasteiger partial charge in [-0.15, -0.1) is 0 Å². The number of ether oxygens (including phenoxy) is 2. The highest BCUT2D eigenvalue weighted by molar-refractivity contribution is 7.03. The van der Waals surface area contributed by atoms with Crippen molar-refractivity contribution >= 4 is 80.3 Å². The highest BCUT2D eigenvalue weighted by Crippen LogP contribution is 2.57. The van der Waals surface area contributed by atoms with Crippen molar-refractivity contribution in [2.75, 3.05) is 9.80 Å². The summed E-state index contributed by atoms with van der Waals surface area (Å²) in [7, 11) is 0. The highest BCUT2D eigenvalue weighted by Gasteiger charge is 2.52. The summed E-state index contributed by atoms with van der Waals surface area (Å²) >= 11 is 0. The van der Waals surface area contributed by atoms with Crippen LogP contribution in [0.25, 0.3) is 134 Å². The fraction of sp³-hybridized carbons (Fsp3) is 0.0339. The molecule has 4 heterocycles. The van der Waals surface area contributed by atoms with Gasteiger partial charge < -0.3 is 19.3 Å². The van der Waals surface area contributed by atoms with Gasteiger partial charge in [0.25, 0.3) is 13.4 Å². The average molecular weight is 1580 g/mol. The molecule has 23 rings (SSSR count). The molecule has 124 heavy (non-hydrogen) atoms. The SMILES string of the molecule is CC(C)(C)c1cc2c3c(c1)N(c1c(-c4cccc(-c5ccccc5)c4)cccc1-c1cccc(-c4ccccc4)c1)c1cc4c5c(c1B3c1ccc(-c3ccccc3)cc1N2c1c(-c2cccc(-c3ccccc3)c2)cccc1-c1cccc(-c2ccccc2)c1)Oc1ccc(-c2ccccc2)cc1B5c1cc(-c2ccccc2)cc(-c2ccccc2)c1O4. The molecule has 4 aliphatic rings. The number of fused-ring (bicyclic) bond motifs is 9. The number of hydrogen-bond donors (Lipinski definition) is 0. The Hall–Kier alpha value is -15.5. The minimum Gasteiger partial charge on any atom is -0.459 e. The van der Waals surface area contributed by atoms with Crippen LogP contribution in [-0.2, 0) is 5.41 Å². The first-order chi connectivity index (χ1) is 61.1. The monoisotopic (exact) mass is 1580 g/mol. The van der Waals surface area contributed by atoms with Crippen molar-refractivity contribution in [2.24, 2.45) is 0 Å². The van der Waals surface area contributed by atoms with Gasteiger partial charge in [0.15, 0.2) is 0 Å². The van der Waals surface area contributed by atoms with Crippen LogP contribution in [0.2, 0.25) is 0 Å². The van der Waals surface area contributed by atoms with Gasteiger partial charge >= 0.3 is 0 Å².